The van der Waals surface area contributed by atoms with Crippen LogP contribution in [0, 0.1) is 0 Å². The number of hydrogen-bond donors (Lipinski definition) is 1. The first kappa shape index (κ1) is 13.7. The van der Waals surface area contributed by atoms with Gasteiger partial charge in [-0.3, -0.25) is 4.98 Å². The highest BCUT2D eigenvalue weighted by molar-refractivity contribution is 5.10. The summed E-state index contributed by atoms with van der Waals surface area (Å²) in [7, 11) is 2.00. The van der Waals surface area contributed by atoms with Crippen molar-refractivity contribution in [3.8, 4) is 0 Å². The van der Waals surface area contributed by atoms with Gasteiger partial charge in [-0.2, -0.15) is 0 Å². The second-order valence-electron chi connectivity index (χ2n) is 4.72. The van der Waals surface area contributed by atoms with Gasteiger partial charge in [0.2, 0.25) is 0 Å². The van der Waals surface area contributed by atoms with Crippen molar-refractivity contribution in [3.05, 3.63) is 48.3 Å². The van der Waals surface area contributed by atoms with E-state index in [2.05, 4.69) is 39.0 Å². The molecule has 4 nitrogen and oxygen atoms in total. The van der Waals surface area contributed by atoms with Crippen molar-refractivity contribution in [2.45, 2.75) is 38.8 Å². The third-order valence-corrected chi connectivity index (χ3v) is 3.32. The molecule has 1 N–H and O–H groups in total. The van der Waals surface area contributed by atoms with Crippen molar-refractivity contribution < 1.29 is 0 Å². The molecule has 0 bridgehead atoms. The Labute approximate surface area is 114 Å². The summed E-state index contributed by atoms with van der Waals surface area (Å²) < 4.78 is 2.24. The van der Waals surface area contributed by atoms with Gasteiger partial charge in [0, 0.05) is 31.3 Å². The van der Waals surface area contributed by atoms with Crippen LogP contribution >= 0.6 is 0 Å². The summed E-state index contributed by atoms with van der Waals surface area (Å²) >= 11 is 0. The molecular formula is C15H22N4. The molecule has 0 radical (unpaired) electrons. The quantitative estimate of drug-likeness (QED) is 0.830. The summed E-state index contributed by atoms with van der Waals surface area (Å²) in [6, 6.07) is 4.40. The number of aryl methyl sites for hydroxylation is 2. The molecule has 0 fully saturated rings. The van der Waals surface area contributed by atoms with Crippen molar-refractivity contribution >= 4 is 0 Å². The first-order chi connectivity index (χ1) is 9.35. The number of nitrogens with one attached hydrogen (secondary N) is 1. The van der Waals surface area contributed by atoms with Gasteiger partial charge in [-0.25, -0.2) is 4.98 Å². The Kier molecular flexibility index (Phi) is 5.10. The first-order valence-corrected chi connectivity index (χ1v) is 6.92. The van der Waals surface area contributed by atoms with E-state index in [1.165, 1.54) is 5.56 Å². The lowest BCUT2D eigenvalue weighted by Gasteiger charge is -2.17. The predicted octanol–water partition coefficient (Wildman–Crippen LogP) is 2.58. The number of pyridine rings is 1. The summed E-state index contributed by atoms with van der Waals surface area (Å²) in [5, 5.41) is 3.37. The molecule has 1 atom stereocenters. The fourth-order valence-electron chi connectivity index (χ4n) is 2.32. The van der Waals surface area contributed by atoms with Gasteiger partial charge in [0.15, 0.2) is 0 Å². The lowest BCUT2D eigenvalue weighted by molar-refractivity contribution is 0.486. The molecule has 2 aromatic heterocycles. The highest BCUT2D eigenvalue weighted by Gasteiger charge is 2.14. The van der Waals surface area contributed by atoms with Gasteiger partial charge in [-0.05, 0) is 37.9 Å². The molecule has 2 rings (SSSR count). The van der Waals surface area contributed by atoms with Gasteiger partial charge in [-0.15, -0.1) is 0 Å². The zero-order valence-corrected chi connectivity index (χ0v) is 11.7. The Morgan fingerprint density at radius 1 is 1.37 bits per heavy atom. The van der Waals surface area contributed by atoms with Crippen LogP contribution in [0.3, 0.4) is 0 Å². The van der Waals surface area contributed by atoms with Crippen molar-refractivity contribution in [2.24, 2.45) is 0 Å². The minimum Gasteiger partial charge on any atom is -0.334 e. The van der Waals surface area contributed by atoms with E-state index in [4.69, 9.17) is 0 Å². The molecule has 4 heteroatoms. The van der Waals surface area contributed by atoms with Crippen LogP contribution in [0.25, 0.3) is 0 Å². The Bertz CT molecular complexity index is 478. The molecule has 19 heavy (non-hydrogen) atoms. The molecule has 2 aromatic rings. The fourth-order valence-corrected chi connectivity index (χ4v) is 2.32. The summed E-state index contributed by atoms with van der Waals surface area (Å²) in [6.45, 7) is 3.22. The zero-order chi connectivity index (χ0) is 13.5. The lowest BCUT2D eigenvalue weighted by Crippen LogP contribution is -2.21. The molecule has 0 saturated heterocycles. The van der Waals surface area contributed by atoms with Crippen LogP contribution in [0.4, 0.5) is 0 Å². The average molecular weight is 258 g/mol. The molecule has 0 aliphatic rings. The molecule has 1 unspecified atom stereocenters. The zero-order valence-electron chi connectivity index (χ0n) is 11.7. The molecule has 0 saturated carbocycles. The van der Waals surface area contributed by atoms with Crippen LogP contribution in [0.5, 0.6) is 0 Å². The van der Waals surface area contributed by atoms with Crippen molar-refractivity contribution in [1.82, 2.24) is 19.9 Å². The van der Waals surface area contributed by atoms with E-state index in [-0.39, 0.29) is 0 Å². The fraction of sp³-hybridized carbons (Fsp3) is 0.467. The molecule has 2 heterocycles. The number of rotatable bonds is 7. The Morgan fingerprint density at radius 3 is 2.95 bits per heavy atom. The van der Waals surface area contributed by atoms with Crippen LogP contribution in [-0.4, -0.2) is 21.6 Å². The second kappa shape index (κ2) is 7.04. The topological polar surface area (TPSA) is 42.7 Å². The minimum atomic E-state index is 0.293. The smallest absolute Gasteiger partial charge is 0.125 e. The Morgan fingerprint density at radius 2 is 2.26 bits per heavy atom. The maximum absolute atomic E-state index is 4.50. The van der Waals surface area contributed by atoms with Crippen LogP contribution in [0.1, 0.15) is 37.2 Å². The van der Waals surface area contributed by atoms with E-state index >= 15 is 0 Å². The van der Waals surface area contributed by atoms with Crippen LogP contribution < -0.4 is 5.32 Å². The largest absolute Gasteiger partial charge is 0.334 e. The van der Waals surface area contributed by atoms with E-state index in [9.17, 15) is 0 Å². The summed E-state index contributed by atoms with van der Waals surface area (Å²) in [5.41, 5.74) is 1.27. The third kappa shape index (κ3) is 3.64. The summed E-state index contributed by atoms with van der Waals surface area (Å²) in [5.74, 6) is 1.13. The van der Waals surface area contributed by atoms with Crippen molar-refractivity contribution in [1.29, 1.82) is 0 Å². The number of aromatic nitrogens is 3. The maximum Gasteiger partial charge on any atom is 0.125 e. The molecule has 0 spiro atoms. The van der Waals surface area contributed by atoms with Gasteiger partial charge in [-0.1, -0.05) is 13.0 Å². The second-order valence-corrected chi connectivity index (χ2v) is 4.72. The average Bonchev–Trinajstić information content (AvgIpc) is 2.90. The van der Waals surface area contributed by atoms with E-state index < -0.39 is 0 Å². The van der Waals surface area contributed by atoms with Gasteiger partial charge in [0.1, 0.15) is 5.82 Å². The van der Waals surface area contributed by atoms with E-state index in [1.54, 1.807) is 0 Å². The number of nitrogens with zero attached hydrogens (tertiary/aromatic N) is 3. The SMILES string of the molecule is CCCn1ccnc1C(CCc1cccnc1)NC. The molecule has 0 amide bonds. The van der Waals surface area contributed by atoms with Gasteiger partial charge in [0.05, 0.1) is 6.04 Å². The highest BCUT2D eigenvalue weighted by atomic mass is 15.1. The van der Waals surface area contributed by atoms with Crippen LogP contribution in [-0.2, 0) is 13.0 Å². The van der Waals surface area contributed by atoms with Gasteiger partial charge >= 0.3 is 0 Å². The highest BCUT2D eigenvalue weighted by Crippen LogP contribution is 2.17. The normalized spacial score (nSPS) is 12.5. The van der Waals surface area contributed by atoms with E-state index in [1.807, 2.05) is 31.7 Å². The monoisotopic (exact) mass is 258 g/mol. The van der Waals surface area contributed by atoms with Gasteiger partial charge < -0.3 is 9.88 Å². The summed E-state index contributed by atoms with van der Waals surface area (Å²) in [6.07, 6.45) is 10.9. The molecular weight excluding hydrogens is 236 g/mol. The molecule has 0 aliphatic carbocycles. The minimum absolute atomic E-state index is 0.293. The van der Waals surface area contributed by atoms with Gasteiger partial charge in [0.25, 0.3) is 0 Å². The maximum atomic E-state index is 4.50. The number of hydrogen-bond acceptors (Lipinski definition) is 3. The van der Waals surface area contributed by atoms with E-state index in [0.717, 1.165) is 31.6 Å². The Balaban J connectivity index is 2.01. The molecule has 102 valence electrons. The third-order valence-electron chi connectivity index (χ3n) is 3.32. The van der Waals surface area contributed by atoms with Crippen molar-refractivity contribution in [2.75, 3.05) is 7.05 Å². The molecule has 0 aliphatic heterocycles. The van der Waals surface area contributed by atoms with Crippen molar-refractivity contribution in [3.63, 3.8) is 0 Å². The predicted molar refractivity (Wildman–Crippen MR) is 76.9 cm³/mol. The summed E-state index contributed by atoms with van der Waals surface area (Å²) in [4.78, 5) is 8.66. The van der Waals surface area contributed by atoms with Crippen LogP contribution in [0.15, 0.2) is 36.9 Å². The number of imidazole rings is 1. The standard InChI is InChI=1S/C15H22N4/c1-3-10-19-11-9-18-15(19)14(16-2)7-6-13-5-4-8-17-12-13/h4-5,8-9,11-12,14,16H,3,6-7,10H2,1-2H3. The molecule has 0 aromatic carbocycles. The first-order valence-electron chi connectivity index (χ1n) is 6.92. The Hall–Kier alpha value is -1.68. The lowest BCUT2D eigenvalue weighted by atomic mass is 10.1. The van der Waals surface area contributed by atoms with E-state index in [0.29, 0.717) is 6.04 Å². The van der Waals surface area contributed by atoms with Crippen LogP contribution in [0.2, 0.25) is 0 Å².